The first-order chi connectivity index (χ1) is 18.8. The number of ether oxygens (including phenoxy) is 3. The van der Waals surface area contributed by atoms with Gasteiger partial charge in [0.2, 0.25) is 5.91 Å². The van der Waals surface area contributed by atoms with Crippen LogP contribution in [0.1, 0.15) is 34.5 Å². The summed E-state index contributed by atoms with van der Waals surface area (Å²) in [5, 5.41) is 7.09. The molecular formula is C28H29Cl2N3O6. The molecule has 0 radical (unpaired) electrons. The van der Waals surface area contributed by atoms with E-state index in [0.717, 1.165) is 11.1 Å². The Kier molecular flexibility index (Phi) is 7.93. The van der Waals surface area contributed by atoms with Crippen LogP contribution in [-0.2, 0) is 17.8 Å². The summed E-state index contributed by atoms with van der Waals surface area (Å²) in [5.74, 6) is 1.18. The third-order valence-corrected chi connectivity index (χ3v) is 7.52. The summed E-state index contributed by atoms with van der Waals surface area (Å²) in [5.41, 5.74) is 1.05. The Bertz CT molecular complexity index is 1370. The number of furan rings is 1. The normalized spacial score (nSPS) is 16.3. The fraction of sp³-hybridized carbons (Fsp3) is 0.357. The quantitative estimate of drug-likeness (QED) is 0.417. The minimum atomic E-state index is -1.06. The van der Waals surface area contributed by atoms with Crippen molar-refractivity contribution in [3.05, 3.63) is 69.4 Å². The van der Waals surface area contributed by atoms with Gasteiger partial charge >= 0.3 is 0 Å². The lowest BCUT2D eigenvalue weighted by atomic mass is 9.85. The molecule has 2 aromatic carbocycles. The molecular weight excluding hydrogens is 545 g/mol. The predicted molar refractivity (Wildman–Crippen MR) is 146 cm³/mol. The van der Waals surface area contributed by atoms with Gasteiger partial charge in [-0.3, -0.25) is 9.59 Å². The Morgan fingerprint density at radius 2 is 1.64 bits per heavy atom. The van der Waals surface area contributed by atoms with Crippen molar-refractivity contribution < 1.29 is 28.2 Å². The van der Waals surface area contributed by atoms with Crippen LogP contribution in [0.3, 0.4) is 0 Å². The molecule has 9 nitrogen and oxygen atoms in total. The van der Waals surface area contributed by atoms with Crippen LogP contribution >= 0.6 is 23.2 Å². The van der Waals surface area contributed by atoms with E-state index in [0.29, 0.717) is 72.7 Å². The van der Waals surface area contributed by atoms with Crippen molar-refractivity contribution in [1.29, 1.82) is 0 Å². The minimum Gasteiger partial charge on any atom is -0.493 e. The molecule has 1 fully saturated rings. The van der Waals surface area contributed by atoms with Crippen LogP contribution in [-0.4, -0.2) is 56.1 Å². The Balaban J connectivity index is 1.33. The largest absolute Gasteiger partial charge is 0.493 e. The molecule has 1 aromatic heterocycles. The topological polar surface area (TPSA) is 102 Å². The molecule has 0 unspecified atom stereocenters. The van der Waals surface area contributed by atoms with Crippen molar-refractivity contribution in [3.63, 3.8) is 0 Å². The van der Waals surface area contributed by atoms with Crippen LogP contribution in [0.15, 0.2) is 46.9 Å². The number of rotatable bonds is 7. The van der Waals surface area contributed by atoms with Crippen molar-refractivity contribution in [2.45, 2.75) is 31.3 Å². The lowest BCUT2D eigenvalue weighted by molar-refractivity contribution is -0.140. The van der Waals surface area contributed by atoms with Gasteiger partial charge in [0.05, 0.1) is 14.2 Å². The smallest absolute Gasteiger partial charge is 0.290 e. The van der Waals surface area contributed by atoms with E-state index >= 15 is 0 Å². The van der Waals surface area contributed by atoms with Gasteiger partial charge in [-0.25, -0.2) is 0 Å². The molecule has 5 rings (SSSR count). The molecule has 3 aromatic rings. The third kappa shape index (κ3) is 5.80. The molecule has 2 N–H and O–H groups in total. The van der Waals surface area contributed by atoms with Gasteiger partial charge in [0.1, 0.15) is 11.3 Å². The fourth-order valence-corrected chi connectivity index (χ4v) is 5.59. The third-order valence-electron chi connectivity index (χ3n) is 7.08. The number of carbonyl (C=O) groups excluding carboxylic acids is 2. The average Bonchev–Trinajstić information content (AvgIpc) is 3.40. The molecule has 11 heteroatoms. The molecule has 2 amide bonds. The molecule has 206 valence electrons. The van der Waals surface area contributed by atoms with Gasteiger partial charge in [0.25, 0.3) is 11.9 Å². The van der Waals surface area contributed by atoms with E-state index in [1.54, 1.807) is 37.3 Å². The molecule has 0 spiro atoms. The van der Waals surface area contributed by atoms with E-state index in [1.165, 1.54) is 12.1 Å². The Labute approximate surface area is 236 Å². The number of hydrogen-bond acceptors (Lipinski definition) is 7. The summed E-state index contributed by atoms with van der Waals surface area (Å²) >= 11 is 12.1. The second-order valence-corrected chi connectivity index (χ2v) is 10.4. The number of hydrogen-bond donors (Lipinski definition) is 2. The molecule has 0 atom stereocenters. The number of nitrogens with zero attached hydrogens (tertiary/aromatic N) is 1. The molecule has 0 bridgehead atoms. The number of benzene rings is 2. The highest BCUT2D eigenvalue weighted by molar-refractivity contribution is 6.34. The molecule has 2 aliphatic heterocycles. The number of halogens is 2. The van der Waals surface area contributed by atoms with E-state index in [4.69, 9.17) is 41.8 Å². The van der Waals surface area contributed by atoms with Crippen LogP contribution in [0.25, 0.3) is 0 Å². The van der Waals surface area contributed by atoms with Crippen molar-refractivity contribution in [1.82, 2.24) is 15.5 Å². The molecule has 1 saturated heterocycles. The van der Waals surface area contributed by atoms with Gasteiger partial charge in [0.15, 0.2) is 17.3 Å². The molecule has 2 aliphatic rings. The second-order valence-electron chi connectivity index (χ2n) is 9.56. The summed E-state index contributed by atoms with van der Waals surface area (Å²) in [7, 11) is 3.19. The van der Waals surface area contributed by atoms with E-state index < -0.39 is 11.4 Å². The van der Waals surface area contributed by atoms with E-state index in [1.807, 2.05) is 12.1 Å². The van der Waals surface area contributed by atoms with Crippen LogP contribution < -0.4 is 24.8 Å². The zero-order valence-corrected chi connectivity index (χ0v) is 23.2. The Morgan fingerprint density at radius 3 is 2.31 bits per heavy atom. The first kappa shape index (κ1) is 27.2. The van der Waals surface area contributed by atoms with E-state index in [-0.39, 0.29) is 17.6 Å². The zero-order chi connectivity index (χ0) is 27.6. The van der Waals surface area contributed by atoms with E-state index in [9.17, 15) is 9.59 Å². The maximum absolute atomic E-state index is 14.0. The summed E-state index contributed by atoms with van der Waals surface area (Å²) in [4.78, 5) is 29.1. The molecule has 39 heavy (non-hydrogen) atoms. The minimum absolute atomic E-state index is 0.0321. The maximum atomic E-state index is 14.0. The van der Waals surface area contributed by atoms with Gasteiger partial charge in [-0.2, -0.15) is 0 Å². The van der Waals surface area contributed by atoms with Crippen molar-refractivity contribution >= 4 is 35.0 Å². The lowest BCUT2D eigenvalue weighted by Crippen LogP contribution is -2.63. The number of amides is 2. The van der Waals surface area contributed by atoms with Crippen LogP contribution in [0.5, 0.6) is 23.2 Å². The van der Waals surface area contributed by atoms with E-state index in [2.05, 4.69) is 10.6 Å². The molecule has 0 aliphatic carbocycles. The monoisotopic (exact) mass is 573 g/mol. The Morgan fingerprint density at radius 1 is 0.974 bits per heavy atom. The highest BCUT2D eigenvalue weighted by atomic mass is 35.5. The summed E-state index contributed by atoms with van der Waals surface area (Å²) < 4.78 is 22.2. The molecule has 3 heterocycles. The predicted octanol–water partition coefficient (Wildman–Crippen LogP) is 4.83. The van der Waals surface area contributed by atoms with Crippen molar-refractivity contribution in [2.75, 3.05) is 33.9 Å². The van der Waals surface area contributed by atoms with Crippen molar-refractivity contribution in [2.24, 2.45) is 0 Å². The summed E-state index contributed by atoms with van der Waals surface area (Å²) in [6.45, 7) is 2.15. The van der Waals surface area contributed by atoms with Crippen molar-refractivity contribution in [3.8, 4) is 23.2 Å². The zero-order valence-electron chi connectivity index (χ0n) is 21.6. The van der Waals surface area contributed by atoms with Gasteiger partial charge in [-0.1, -0.05) is 23.2 Å². The van der Waals surface area contributed by atoms with Gasteiger partial charge in [-0.15, -0.1) is 0 Å². The van der Waals surface area contributed by atoms with Crippen LogP contribution in [0, 0.1) is 0 Å². The second kappa shape index (κ2) is 11.4. The Hall–Kier alpha value is -3.40. The van der Waals surface area contributed by atoms with Gasteiger partial charge in [0, 0.05) is 29.2 Å². The molecule has 0 saturated carbocycles. The lowest BCUT2D eigenvalue weighted by Gasteiger charge is -2.41. The number of methoxy groups -OCH3 is 2. The standard InChI is InChI=1S/C28H29Cl2N3O6/c1-36-23-11-17-5-10-33(16-18(17)12-24(23)37-2)27(35)28(6-8-31-9-7-28)32-26(34)22-3-4-25(39-22)38-21-14-19(29)13-20(30)15-21/h3-4,11-15,31H,5-10,16H2,1-2H3,(H,32,34). The van der Waals surface area contributed by atoms with Crippen LogP contribution in [0.4, 0.5) is 0 Å². The fourth-order valence-electron chi connectivity index (χ4n) is 5.08. The highest BCUT2D eigenvalue weighted by Crippen LogP contribution is 2.35. The first-order valence-electron chi connectivity index (χ1n) is 12.6. The number of piperidine rings is 1. The first-order valence-corrected chi connectivity index (χ1v) is 13.4. The number of fused-ring (bicyclic) bond motifs is 1. The van der Waals surface area contributed by atoms with Gasteiger partial charge in [-0.05, 0) is 79.9 Å². The SMILES string of the molecule is COc1cc2c(cc1OC)CN(C(=O)C1(NC(=O)c3ccc(Oc4cc(Cl)cc(Cl)c4)o3)CCNCC1)CC2. The summed E-state index contributed by atoms with van der Waals surface area (Å²) in [6, 6.07) is 11.7. The average molecular weight is 574 g/mol. The number of carbonyl (C=O) groups is 2. The van der Waals surface area contributed by atoms with Gasteiger partial charge < -0.3 is 34.2 Å². The highest BCUT2D eigenvalue weighted by Gasteiger charge is 2.44. The maximum Gasteiger partial charge on any atom is 0.290 e. The van der Waals surface area contributed by atoms with Crippen LogP contribution in [0.2, 0.25) is 10.0 Å². The summed E-state index contributed by atoms with van der Waals surface area (Å²) in [6.07, 6.45) is 1.59. The number of nitrogens with one attached hydrogen (secondary N) is 2.